The van der Waals surface area contributed by atoms with Gasteiger partial charge in [-0.05, 0) is 23.8 Å². The predicted octanol–water partition coefficient (Wildman–Crippen LogP) is 3.11. The van der Waals surface area contributed by atoms with Crippen molar-refractivity contribution in [3.05, 3.63) is 60.2 Å². The van der Waals surface area contributed by atoms with Crippen LogP contribution in [0.3, 0.4) is 0 Å². The third-order valence-corrected chi connectivity index (χ3v) is 6.29. The average molecular weight is 500 g/mol. The Kier molecular flexibility index (Phi) is 10.2. The van der Waals surface area contributed by atoms with E-state index in [0.29, 0.717) is 12.2 Å². The van der Waals surface area contributed by atoms with Crippen LogP contribution in [0.15, 0.2) is 54.6 Å². The second-order valence-electron chi connectivity index (χ2n) is 7.65. The fourth-order valence-corrected chi connectivity index (χ4v) is 4.51. The number of carbonyl (C=O) groups is 2. The molecule has 1 aliphatic heterocycles. The van der Waals surface area contributed by atoms with E-state index in [1.807, 2.05) is 12.1 Å². The van der Waals surface area contributed by atoms with E-state index >= 15 is 0 Å². The third kappa shape index (κ3) is 8.45. The lowest BCUT2D eigenvalue weighted by Crippen LogP contribution is -2.40. The predicted molar refractivity (Wildman–Crippen MR) is 135 cm³/mol. The number of fused-ring (bicyclic) bond motifs is 1. The molecule has 186 valence electrons. The van der Waals surface area contributed by atoms with Crippen molar-refractivity contribution in [2.45, 2.75) is 6.54 Å². The molecule has 3 aromatic rings. The van der Waals surface area contributed by atoms with E-state index in [1.54, 1.807) is 18.4 Å². The molecule has 0 radical (unpaired) electrons. The fourth-order valence-electron chi connectivity index (χ4n) is 3.46. The van der Waals surface area contributed by atoms with Crippen LogP contribution >= 0.6 is 11.3 Å². The maximum Gasteiger partial charge on any atom is 0.328 e. The number of methoxy groups -OCH3 is 1. The van der Waals surface area contributed by atoms with Crippen molar-refractivity contribution in [2.75, 3.05) is 46.5 Å². The van der Waals surface area contributed by atoms with E-state index in [2.05, 4.69) is 40.5 Å². The number of ether oxygens (including phenoxy) is 2. The van der Waals surface area contributed by atoms with Gasteiger partial charge in [0.2, 0.25) is 0 Å². The van der Waals surface area contributed by atoms with Crippen LogP contribution in [-0.2, 0) is 20.9 Å². The molecule has 0 atom stereocenters. The Bertz CT molecular complexity index is 1140. The highest BCUT2D eigenvalue weighted by molar-refractivity contribution is 7.21. The molecule has 0 saturated carbocycles. The van der Waals surface area contributed by atoms with Gasteiger partial charge >= 0.3 is 11.9 Å². The van der Waals surface area contributed by atoms with Gasteiger partial charge in [-0.3, -0.25) is 4.90 Å². The minimum atomic E-state index is -1.26. The molecule has 0 unspecified atom stereocenters. The van der Waals surface area contributed by atoms with E-state index in [1.165, 1.54) is 11.1 Å². The van der Waals surface area contributed by atoms with Gasteiger partial charge in [0, 0.05) is 50.4 Å². The number of benzene rings is 2. The van der Waals surface area contributed by atoms with Crippen LogP contribution in [-0.4, -0.2) is 78.5 Å². The molecule has 0 spiro atoms. The Morgan fingerprint density at radius 1 is 1.14 bits per heavy atom. The fraction of sp³-hybridized carbons (Fsp3) is 0.320. The molecule has 2 aromatic carbocycles. The first-order valence-corrected chi connectivity index (χ1v) is 12.0. The molecule has 0 aliphatic carbocycles. The lowest BCUT2D eigenvalue weighted by Gasteiger charge is -2.26. The van der Waals surface area contributed by atoms with Gasteiger partial charge in [-0.15, -0.1) is 11.3 Å². The minimum absolute atomic E-state index is 0.558. The molecule has 9 nitrogen and oxygen atoms in total. The number of carboxylic acid groups (broad SMARTS) is 2. The number of rotatable bonds is 9. The highest BCUT2D eigenvalue weighted by atomic mass is 32.1. The summed E-state index contributed by atoms with van der Waals surface area (Å²) in [4.78, 5) is 26.4. The topological polar surface area (TPSA) is 121 Å². The van der Waals surface area contributed by atoms with Crippen molar-refractivity contribution in [1.82, 2.24) is 15.2 Å². The molecular formula is C25H29N3O6S. The largest absolute Gasteiger partial charge is 0.497 e. The number of thiazole rings is 1. The Hall–Kier alpha value is -3.31. The molecule has 4 rings (SSSR count). The lowest BCUT2D eigenvalue weighted by atomic mass is 10.1. The minimum Gasteiger partial charge on any atom is -0.497 e. The molecule has 35 heavy (non-hydrogen) atoms. The van der Waals surface area contributed by atoms with Gasteiger partial charge in [-0.1, -0.05) is 24.3 Å². The van der Waals surface area contributed by atoms with E-state index in [4.69, 9.17) is 24.7 Å². The van der Waals surface area contributed by atoms with Crippen molar-refractivity contribution in [2.24, 2.45) is 0 Å². The van der Waals surface area contributed by atoms with E-state index < -0.39 is 11.9 Å². The standard InChI is InChI=1S/C21H25N3O2S.C4H4O4/c1-25-17-6-7-19-20(14-17)27-21(23-19)18-5-3-2-4-16(18)15-22-8-9-24-10-12-26-13-11-24;5-3(6)1-2-4(7)8/h2-7,14,22H,8-13,15H2,1H3;1-2H,(H,5,6)(H,7,8)/b;2-1+. The number of hydrogen-bond acceptors (Lipinski definition) is 8. The van der Waals surface area contributed by atoms with Crippen LogP contribution in [0.4, 0.5) is 0 Å². The smallest absolute Gasteiger partial charge is 0.328 e. The summed E-state index contributed by atoms with van der Waals surface area (Å²) >= 11 is 1.72. The Balaban J connectivity index is 0.000000371. The van der Waals surface area contributed by atoms with E-state index in [0.717, 1.165) is 66.9 Å². The van der Waals surface area contributed by atoms with Crippen LogP contribution < -0.4 is 10.1 Å². The molecule has 1 saturated heterocycles. The number of carboxylic acids is 2. The monoisotopic (exact) mass is 499 g/mol. The maximum atomic E-state index is 9.55. The van der Waals surface area contributed by atoms with Gasteiger partial charge in [0.25, 0.3) is 0 Å². The summed E-state index contributed by atoms with van der Waals surface area (Å²) in [6.07, 6.45) is 1.12. The molecule has 1 aliphatic rings. The van der Waals surface area contributed by atoms with Crippen LogP contribution in [0, 0.1) is 0 Å². The summed E-state index contributed by atoms with van der Waals surface area (Å²) in [5.41, 5.74) is 3.51. The second kappa shape index (κ2) is 13.5. The normalized spacial score (nSPS) is 14.0. The second-order valence-corrected chi connectivity index (χ2v) is 8.68. The summed E-state index contributed by atoms with van der Waals surface area (Å²) in [6, 6.07) is 14.6. The van der Waals surface area contributed by atoms with Crippen molar-refractivity contribution >= 4 is 33.5 Å². The molecule has 0 amide bonds. The van der Waals surface area contributed by atoms with Gasteiger partial charge in [0.05, 0.1) is 30.5 Å². The number of nitrogens with one attached hydrogen (secondary N) is 1. The molecule has 1 aromatic heterocycles. The Morgan fingerprint density at radius 2 is 1.86 bits per heavy atom. The number of aromatic nitrogens is 1. The number of nitrogens with zero attached hydrogens (tertiary/aromatic N) is 2. The van der Waals surface area contributed by atoms with Crippen LogP contribution in [0.2, 0.25) is 0 Å². The summed E-state index contributed by atoms with van der Waals surface area (Å²) in [5, 5.41) is 20.3. The molecular weight excluding hydrogens is 470 g/mol. The van der Waals surface area contributed by atoms with Crippen molar-refractivity contribution in [3.8, 4) is 16.3 Å². The summed E-state index contributed by atoms with van der Waals surface area (Å²) in [6.45, 7) is 6.66. The average Bonchev–Trinajstić information content (AvgIpc) is 3.30. The van der Waals surface area contributed by atoms with Crippen molar-refractivity contribution in [3.63, 3.8) is 0 Å². The van der Waals surface area contributed by atoms with Crippen molar-refractivity contribution in [1.29, 1.82) is 0 Å². The number of aliphatic carboxylic acids is 2. The van der Waals surface area contributed by atoms with Gasteiger partial charge in [0.15, 0.2) is 0 Å². The summed E-state index contributed by atoms with van der Waals surface area (Å²) in [7, 11) is 1.70. The Morgan fingerprint density at radius 3 is 2.54 bits per heavy atom. The van der Waals surface area contributed by atoms with Crippen molar-refractivity contribution < 1.29 is 29.3 Å². The zero-order chi connectivity index (χ0) is 25.0. The first kappa shape index (κ1) is 26.3. The van der Waals surface area contributed by atoms with Crippen LogP contribution in [0.5, 0.6) is 5.75 Å². The molecule has 0 bridgehead atoms. The van der Waals surface area contributed by atoms with Gasteiger partial charge in [0.1, 0.15) is 10.8 Å². The quantitative estimate of drug-likeness (QED) is 0.301. The lowest BCUT2D eigenvalue weighted by molar-refractivity contribution is -0.134. The maximum absolute atomic E-state index is 9.55. The zero-order valence-corrected chi connectivity index (χ0v) is 20.3. The van der Waals surface area contributed by atoms with Crippen LogP contribution in [0.1, 0.15) is 5.56 Å². The first-order chi connectivity index (χ1) is 17.0. The molecule has 2 heterocycles. The third-order valence-electron chi connectivity index (χ3n) is 5.24. The van der Waals surface area contributed by atoms with Gasteiger partial charge < -0.3 is 25.0 Å². The first-order valence-electron chi connectivity index (χ1n) is 11.1. The summed E-state index contributed by atoms with van der Waals surface area (Å²) in [5.74, 6) is -1.64. The molecule has 1 fully saturated rings. The van der Waals surface area contributed by atoms with Gasteiger partial charge in [-0.2, -0.15) is 0 Å². The van der Waals surface area contributed by atoms with Gasteiger partial charge in [-0.25, -0.2) is 14.6 Å². The summed E-state index contributed by atoms with van der Waals surface area (Å²) < 4.78 is 11.9. The molecule has 10 heteroatoms. The highest BCUT2D eigenvalue weighted by Crippen LogP contribution is 2.33. The van der Waals surface area contributed by atoms with E-state index in [-0.39, 0.29) is 0 Å². The number of morpholine rings is 1. The highest BCUT2D eigenvalue weighted by Gasteiger charge is 2.12. The van der Waals surface area contributed by atoms with Crippen LogP contribution in [0.25, 0.3) is 20.8 Å². The zero-order valence-electron chi connectivity index (χ0n) is 19.5. The Labute approximate surface area is 207 Å². The SMILES string of the molecule is COc1ccc2nc(-c3ccccc3CNCCN3CCOCC3)sc2c1.O=C(O)/C=C/C(=O)O. The number of hydrogen-bond donors (Lipinski definition) is 3. The van der Waals surface area contributed by atoms with E-state index in [9.17, 15) is 9.59 Å². The molecule has 3 N–H and O–H groups in total.